The molecule has 0 unspecified atom stereocenters. The number of fused-ring (bicyclic) bond motifs is 1. The van der Waals surface area contributed by atoms with Crippen LogP contribution in [0.4, 0.5) is 10.1 Å². The summed E-state index contributed by atoms with van der Waals surface area (Å²) in [5, 5.41) is 0.754. The van der Waals surface area contributed by atoms with E-state index in [1.54, 1.807) is 6.92 Å². The number of H-pyrrole nitrogens is 1. The number of aryl methyl sites for hydroxylation is 2. The van der Waals surface area contributed by atoms with E-state index in [9.17, 15) is 9.18 Å². The number of aromatic nitrogens is 1. The molecule has 2 aromatic rings. The molecular formula is C18H24FN3O2. The van der Waals surface area contributed by atoms with Crippen LogP contribution in [0.1, 0.15) is 41.4 Å². The molecule has 1 saturated heterocycles. The van der Waals surface area contributed by atoms with E-state index in [2.05, 4.69) is 4.98 Å². The monoisotopic (exact) mass is 333 g/mol. The number of rotatable bonds is 3. The van der Waals surface area contributed by atoms with Crippen LogP contribution in [-0.4, -0.2) is 36.7 Å². The Morgan fingerprint density at radius 2 is 2.25 bits per heavy atom. The molecular weight excluding hydrogens is 309 g/mol. The minimum Gasteiger partial charge on any atom is -0.462 e. The van der Waals surface area contributed by atoms with Gasteiger partial charge in [0.2, 0.25) is 0 Å². The molecule has 1 aliphatic rings. The second kappa shape index (κ2) is 6.43. The molecule has 0 bridgehead atoms. The summed E-state index contributed by atoms with van der Waals surface area (Å²) in [6.45, 7) is 7.24. The third kappa shape index (κ3) is 2.75. The zero-order valence-corrected chi connectivity index (χ0v) is 14.4. The van der Waals surface area contributed by atoms with Crippen LogP contribution in [0, 0.1) is 19.7 Å². The molecule has 3 N–H and O–H groups in total. The summed E-state index contributed by atoms with van der Waals surface area (Å²) in [6, 6.07) is 1.32. The third-order valence-electron chi connectivity index (χ3n) is 4.77. The van der Waals surface area contributed by atoms with Crippen LogP contribution in [0.2, 0.25) is 0 Å². The highest BCUT2D eigenvalue weighted by atomic mass is 19.1. The number of carbonyl (C=O) groups is 1. The lowest BCUT2D eigenvalue weighted by Crippen LogP contribution is -2.43. The van der Waals surface area contributed by atoms with E-state index in [0.717, 1.165) is 36.0 Å². The first-order valence-electron chi connectivity index (χ1n) is 8.43. The normalized spacial score (nSPS) is 18.2. The van der Waals surface area contributed by atoms with Crippen LogP contribution in [0.15, 0.2) is 6.07 Å². The van der Waals surface area contributed by atoms with Crippen molar-refractivity contribution in [2.45, 2.75) is 39.7 Å². The fourth-order valence-corrected chi connectivity index (χ4v) is 3.50. The summed E-state index contributed by atoms with van der Waals surface area (Å²) >= 11 is 0. The van der Waals surface area contributed by atoms with Gasteiger partial charge in [0, 0.05) is 30.2 Å². The number of halogens is 1. The van der Waals surface area contributed by atoms with Crippen LogP contribution >= 0.6 is 0 Å². The standard InChI is InChI=1S/C18H24FN3O2/c1-4-24-18(23)13-8-14(19)17(22-7-5-6-12(20)9-22)15-10(2)11(3)21-16(13)15/h8,12,21H,4-7,9,20H2,1-3H3/t12-/m0/s1. The van der Waals surface area contributed by atoms with Gasteiger partial charge in [-0.15, -0.1) is 0 Å². The summed E-state index contributed by atoms with van der Waals surface area (Å²) in [5.74, 6) is -0.911. The van der Waals surface area contributed by atoms with Gasteiger partial charge in [0.1, 0.15) is 5.82 Å². The molecule has 1 atom stereocenters. The molecule has 1 aliphatic heterocycles. The van der Waals surface area contributed by atoms with Gasteiger partial charge in [-0.1, -0.05) is 0 Å². The molecule has 5 nitrogen and oxygen atoms in total. The second-order valence-electron chi connectivity index (χ2n) is 6.45. The fraction of sp³-hybridized carbons (Fsp3) is 0.500. The van der Waals surface area contributed by atoms with Gasteiger partial charge in [-0.3, -0.25) is 0 Å². The van der Waals surface area contributed by atoms with Gasteiger partial charge < -0.3 is 20.4 Å². The van der Waals surface area contributed by atoms with Crippen molar-refractivity contribution in [2.75, 3.05) is 24.6 Å². The van der Waals surface area contributed by atoms with Crippen molar-refractivity contribution in [3.63, 3.8) is 0 Å². The SMILES string of the molecule is CCOC(=O)c1cc(F)c(N2CCC[C@H](N)C2)c2c(C)c(C)[nH]c12. The molecule has 1 fully saturated rings. The maximum atomic E-state index is 15.0. The Balaban J connectivity index is 2.21. The molecule has 0 saturated carbocycles. The number of hydrogen-bond donors (Lipinski definition) is 2. The molecule has 0 aliphatic carbocycles. The van der Waals surface area contributed by atoms with Crippen LogP contribution in [0.25, 0.3) is 10.9 Å². The number of aromatic amines is 1. The summed E-state index contributed by atoms with van der Waals surface area (Å²) in [4.78, 5) is 17.5. The average molecular weight is 333 g/mol. The Kier molecular flexibility index (Phi) is 4.49. The number of ether oxygens (including phenoxy) is 1. The van der Waals surface area contributed by atoms with E-state index in [0.29, 0.717) is 17.7 Å². The highest BCUT2D eigenvalue weighted by Gasteiger charge is 2.27. The first-order chi connectivity index (χ1) is 11.4. The van der Waals surface area contributed by atoms with Gasteiger partial charge in [-0.05, 0) is 45.2 Å². The number of nitrogens with zero attached hydrogens (tertiary/aromatic N) is 1. The molecule has 130 valence electrons. The van der Waals surface area contributed by atoms with Gasteiger partial charge in [-0.25, -0.2) is 9.18 Å². The Hall–Kier alpha value is -2.08. The van der Waals surface area contributed by atoms with E-state index in [1.165, 1.54) is 6.07 Å². The summed E-state index contributed by atoms with van der Waals surface area (Å²) in [5.41, 5.74) is 9.36. The van der Waals surface area contributed by atoms with Crippen molar-refractivity contribution in [3.8, 4) is 0 Å². The van der Waals surface area contributed by atoms with Crippen molar-refractivity contribution in [1.29, 1.82) is 0 Å². The number of hydrogen-bond acceptors (Lipinski definition) is 4. The number of piperidine rings is 1. The average Bonchev–Trinajstić information content (AvgIpc) is 2.82. The Labute approximate surface area is 141 Å². The number of benzene rings is 1. The zero-order chi connectivity index (χ0) is 17.4. The summed E-state index contributed by atoms with van der Waals surface area (Å²) < 4.78 is 20.1. The highest BCUT2D eigenvalue weighted by Crippen LogP contribution is 2.37. The quantitative estimate of drug-likeness (QED) is 0.847. The van der Waals surface area contributed by atoms with Crippen LogP contribution in [-0.2, 0) is 4.74 Å². The van der Waals surface area contributed by atoms with Gasteiger partial charge in [-0.2, -0.15) is 0 Å². The fourth-order valence-electron chi connectivity index (χ4n) is 3.50. The van der Waals surface area contributed by atoms with E-state index >= 15 is 0 Å². The van der Waals surface area contributed by atoms with Crippen molar-refractivity contribution in [3.05, 3.63) is 28.7 Å². The number of esters is 1. The van der Waals surface area contributed by atoms with Crippen LogP contribution in [0.5, 0.6) is 0 Å². The number of carbonyl (C=O) groups excluding carboxylic acids is 1. The second-order valence-corrected chi connectivity index (χ2v) is 6.45. The van der Waals surface area contributed by atoms with Crippen LogP contribution in [0.3, 0.4) is 0 Å². The maximum absolute atomic E-state index is 15.0. The maximum Gasteiger partial charge on any atom is 0.340 e. The smallest absolute Gasteiger partial charge is 0.340 e. The number of anilines is 1. The Bertz CT molecular complexity index is 784. The molecule has 2 heterocycles. The van der Waals surface area contributed by atoms with Crippen molar-refractivity contribution in [2.24, 2.45) is 5.73 Å². The lowest BCUT2D eigenvalue weighted by molar-refractivity contribution is 0.0528. The van der Waals surface area contributed by atoms with Gasteiger partial charge >= 0.3 is 5.97 Å². The molecule has 0 radical (unpaired) electrons. The largest absolute Gasteiger partial charge is 0.462 e. The molecule has 0 spiro atoms. The summed E-state index contributed by atoms with van der Waals surface area (Å²) in [6.07, 6.45) is 1.89. The molecule has 0 amide bonds. The van der Waals surface area contributed by atoms with Crippen LogP contribution < -0.4 is 10.6 Å². The molecule has 1 aromatic carbocycles. The predicted octanol–water partition coefficient (Wildman–Crippen LogP) is 3.03. The molecule has 24 heavy (non-hydrogen) atoms. The highest BCUT2D eigenvalue weighted by molar-refractivity contribution is 6.09. The predicted molar refractivity (Wildman–Crippen MR) is 93.1 cm³/mol. The summed E-state index contributed by atoms with van der Waals surface area (Å²) in [7, 11) is 0. The van der Waals surface area contributed by atoms with E-state index in [1.807, 2.05) is 18.7 Å². The van der Waals surface area contributed by atoms with E-state index in [4.69, 9.17) is 10.5 Å². The van der Waals surface area contributed by atoms with Gasteiger partial charge in [0.05, 0.1) is 23.4 Å². The van der Waals surface area contributed by atoms with Crippen molar-refractivity contribution in [1.82, 2.24) is 4.98 Å². The number of nitrogens with two attached hydrogens (primary N) is 1. The topological polar surface area (TPSA) is 71.3 Å². The number of nitrogens with one attached hydrogen (secondary N) is 1. The third-order valence-corrected chi connectivity index (χ3v) is 4.77. The van der Waals surface area contributed by atoms with E-state index in [-0.39, 0.29) is 18.2 Å². The molecule has 3 rings (SSSR count). The molecule has 1 aromatic heterocycles. The minimum atomic E-state index is -0.510. The lowest BCUT2D eigenvalue weighted by Gasteiger charge is -2.33. The van der Waals surface area contributed by atoms with Crippen molar-refractivity contribution < 1.29 is 13.9 Å². The first-order valence-corrected chi connectivity index (χ1v) is 8.43. The minimum absolute atomic E-state index is 0.0401. The Morgan fingerprint density at radius 3 is 2.92 bits per heavy atom. The molecule has 6 heteroatoms. The lowest BCUT2D eigenvalue weighted by atomic mass is 10.0. The van der Waals surface area contributed by atoms with Crippen molar-refractivity contribution >= 4 is 22.6 Å². The van der Waals surface area contributed by atoms with E-state index < -0.39 is 11.8 Å². The zero-order valence-electron chi connectivity index (χ0n) is 14.4. The first kappa shape index (κ1) is 16.8. The van der Waals surface area contributed by atoms with Gasteiger partial charge in [0.15, 0.2) is 0 Å². The Morgan fingerprint density at radius 1 is 1.50 bits per heavy atom. The van der Waals surface area contributed by atoms with Gasteiger partial charge in [0.25, 0.3) is 0 Å².